The summed E-state index contributed by atoms with van der Waals surface area (Å²) in [4.78, 5) is 0. The Bertz CT molecular complexity index is 317. The number of hydrogen-bond donors (Lipinski definition) is 1. The summed E-state index contributed by atoms with van der Waals surface area (Å²) in [5.74, 6) is 0. The van der Waals surface area contributed by atoms with Crippen molar-refractivity contribution in [2.24, 2.45) is 0 Å². The highest BCUT2D eigenvalue weighted by molar-refractivity contribution is 5.06. The lowest BCUT2D eigenvalue weighted by atomic mass is 10.4. The van der Waals surface area contributed by atoms with Crippen LogP contribution in [0.1, 0.15) is 19.5 Å². The van der Waals surface area contributed by atoms with Gasteiger partial charge < -0.3 is 14.6 Å². The molecule has 0 saturated carbocycles. The summed E-state index contributed by atoms with van der Waals surface area (Å²) < 4.78 is 7.64. The van der Waals surface area contributed by atoms with Crippen LogP contribution in [0.2, 0.25) is 0 Å². The minimum absolute atomic E-state index is 0.660. The van der Waals surface area contributed by atoms with Crippen molar-refractivity contribution < 1.29 is 4.74 Å². The molecule has 0 aliphatic rings. The van der Waals surface area contributed by atoms with Crippen molar-refractivity contribution in [2.75, 3.05) is 19.8 Å². The predicted molar refractivity (Wildman–Crippen MR) is 67.4 cm³/mol. The van der Waals surface area contributed by atoms with Gasteiger partial charge in [-0.05, 0) is 26.0 Å². The van der Waals surface area contributed by atoms with Crippen LogP contribution in [-0.2, 0) is 17.8 Å². The first kappa shape index (κ1) is 13.0. The van der Waals surface area contributed by atoms with E-state index >= 15 is 0 Å². The van der Waals surface area contributed by atoms with Crippen LogP contribution in [0.15, 0.2) is 30.5 Å². The molecule has 1 rings (SSSR count). The van der Waals surface area contributed by atoms with Crippen molar-refractivity contribution in [3.8, 4) is 0 Å². The minimum atomic E-state index is 0.660. The molecule has 1 heterocycles. The summed E-state index contributed by atoms with van der Waals surface area (Å²) in [6.07, 6.45) is 2.11. The Labute approximate surface area is 98.1 Å². The third-order valence-electron chi connectivity index (χ3n) is 2.34. The molecule has 1 N–H and O–H groups in total. The lowest BCUT2D eigenvalue weighted by Gasteiger charge is -2.08. The number of nitrogens with zero attached hydrogens (tertiary/aromatic N) is 1. The molecule has 0 aromatic carbocycles. The zero-order valence-electron chi connectivity index (χ0n) is 10.3. The zero-order valence-corrected chi connectivity index (χ0v) is 10.3. The summed E-state index contributed by atoms with van der Waals surface area (Å²) in [5.41, 5.74) is 2.39. The summed E-state index contributed by atoms with van der Waals surface area (Å²) >= 11 is 0. The fourth-order valence-corrected chi connectivity index (χ4v) is 1.53. The van der Waals surface area contributed by atoms with Crippen molar-refractivity contribution >= 4 is 0 Å². The van der Waals surface area contributed by atoms with Gasteiger partial charge in [0.1, 0.15) is 0 Å². The largest absolute Gasteiger partial charge is 0.376 e. The van der Waals surface area contributed by atoms with Crippen LogP contribution in [0, 0.1) is 0 Å². The van der Waals surface area contributed by atoms with Crippen molar-refractivity contribution in [2.45, 2.75) is 26.9 Å². The van der Waals surface area contributed by atoms with E-state index in [-0.39, 0.29) is 0 Å². The second kappa shape index (κ2) is 7.25. The van der Waals surface area contributed by atoms with Gasteiger partial charge in [-0.3, -0.25) is 0 Å². The molecule has 90 valence electrons. The van der Waals surface area contributed by atoms with E-state index in [2.05, 4.69) is 41.7 Å². The Morgan fingerprint density at radius 2 is 2.38 bits per heavy atom. The maximum Gasteiger partial charge on any atom is 0.0672 e. The molecule has 0 unspecified atom stereocenters. The quantitative estimate of drug-likeness (QED) is 0.539. The first-order valence-electron chi connectivity index (χ1n) is 5.81. The summed E-state index contributed by atoms with van der Waals surface area (Å²) in [7, 11) is 0. The fraction of sp³-hybridized carbons (Fsp3) is 0.538. The zero-order chi connectivity index (χ0) is 11.8. The van der Waals surface area contributed by atoms with Crippen LogP contribution in [0.3, 0.4) is 0 Å². The maximum atomic E-state index is 5.40. The number of hydrogen-bond acceptors (Lipinski definition) is 2. The Hall–Kier alpha value is -1.06. The van der Waals surface area contributed by atoms with Crippen LogP contribution in [-0.4, -0.2) is 24.3 Å². The standard InChI is InChI=1S/C13H22N2O/c1-4-15-8-5-6-13(15)10-14-7-9-16-11-12(2)3/h5-6,8,14H,2,4,7,9-11H2,1,3H3. The molecule has 0 spiro atoms. The first-order chi connectivity index (χ1) is 7.74. The average Bonchev–Trinajstić information content (AvgIpc) is 2.70. The first-order valence-corrected chi connectivity index (χ1v) is 5.81. The van der Waals surface area contributed by atoms with Crippen molar-refractivity contribution in [1.82, 2.24) is 9.88 Å². The van der Waals surface area contributed by atoms with Gasteiger partial charge in [0.25, 0.3) is 0 Å². The molecular weight excluding hydrogens is 200 g/mol. The third-order valence-corrected chi connectivity index (χ3v) is 2.34. The molecule has 1 aromatic heterocycles. The van der Waals surface area contributed by atoms with E-state index in [1.54, 1.807) is 0 Å². The van der Waals surface area contributed by atoms with E-state index in [0.29, 0.717) is 6.61 Å². The Morgan fingerprint density at radius 1 is 1.56 bits per heavy atom. The molecule has 0 atom stereocenters. The molecule has 0 aliphatic carbocycles. The van der Waals surface area contributed by atoms with Crippen molar-refractivity contribution in [3.05, 3.63) is 36.2 Å². The molecule has 0 fully saturated rings. The molecule has 0 saturated heterocycles. The average molecular weight is 222 g/mol. The molecule has 3 heteroatoms. The van der Waals surface area contributed by atoms with Gasteiger partial charge in [-0.25, -0.2) is 0 Å². The Balaban J connectivity index is 2.09. The molecule has 0 amide bonds. The van der Waals surface area contributed by atoms with Crippen molar-refractivity contribution in [3.63, 3.8) is 0 Å². The van der Waals surface area contributed by atoms with Crippen LogP contribution in [0.25, 0.3) is 0 Å². The number of rotatable bonds is 8. The van der Waals surface area contributed by atoms with E-state index < -0.39 is 0 Å². The van der Waals surface area contributed by atoms with Gasteiger partial charge in [0, 0.05) is 31.5 Å². The third kappa shape index (κ3) is 4.64. The number of aryl methyl sites for hydroxylation is 1. The van der Waals surface area contributed by atoms with Gasteiger partial charge in [0.15, 0.2) is 0 Å². The number of ether oxygens (including phenoxy) is 1. The highest BCUT2D eigenvalue weighted by atomic mass is 16.5. The molecule has 3 nitrogen and oxygen atoms in total. The molecule has 16 heavy (non-hydrogen) atoms. The number of nitrogens with one attached hydrogen (secondary N) is 1. The molecule has 1 aromatic rings. The second-order valence-electron chi connectivity index (χ2n) is 3.97. The van der Waals surface area contributed by atoms with E-state index in [4.69, 9.17) is 4.74 Å². The fourth-order valence-electron chi connectivity index (χ4n) is 1.53. The molecule has 0 aliphatic heterocycles. The SMILES string of the molecule is C=C(C)COCCNCc1cccn1CC. The smallest absolute Gasteiger partial charge is 0.0672 e. The van der Waals surface area contributed by atoms with Crippen LogP contribution in [0.5, 0.6) is 0 Å². The highest BCUT2D eigenvalue weighted by Gasteiger charge is 1.97. The Morgan fingerprint density at radius 3 is 3.06 bits per heavy atom. The van der Waals surface area contributed by atoms with E-state index in [9.17, 15) is 0 Å². The summed E-state index contributed by atoms with van der Waals surface area (Å²) in [5, 5.41) is 3.36. The van der Waals surface area contributed by atoms with Gasteiger partial charge in [0.05, 0.1) is 13.2 Å². The van der Waals surface area contributed by atoms with Crippen LogP contribution < -0.4 is 5.32 Å². The van der Waals surface area contributed by atoms with Gasteiger partial charge >= 0.3 is 0 Å². The maximum absolute atomic E-state index is 5.40. The summed E-state index contributed by atoms with van der Waals surface area (Å²) in [6.45, 7) is 12.1. The van der Waals surface area contributed by atoms with E-state index in [1.807, 2.05) is 6.92 Å². The van der Waals surface area contributed by atoms with Crippen molar-refractivity contribution in [1.29, 1.82) is 0 Å². The van der Waals surface area contributed by atoms with Crippen LogP contribution in [0.4, 0.5) is 0 Å². The van der Waals surface area contributed by atoms with Gasteiger partial charge in [-0.2, -0.15) is 0 Å². The molecular formula is C13H22N2O. The normalized spacial score (nSPS) is 10.6. The monoisotopic (exact) mass is 222 g/mol. The molecule has 0 bridgehead atoms. The van der Waals surface area contributed by atoms with E-state index in [0.717, 1.165) is 31.8 Å². The summed E-state index contributed by atoms with van der Waals surface area (Å²) in [6, 6.07) is 4.23. The topological polar surface area (TPSA) is 26.2 Å². The van der Waals surface area contributed by atoms with Gasteiger partial charge in [0.2, 0.25) is 0 Å². The number of aromatic nitrogens is 1. The van der Waals surface area contributed by atoms with Gasteiger partial charge in [-0.15, -0.1) is 0 Å². The second-order valence-corrected chi connectivity index (χ2v) is 3.97. The lowest BCUT2D eigenvalue weighted by Crippen LogP contribution is -2.21. The predicted octanol–water partition coefficient (Wildman–Crippen LogP) is 2.19. The molecule has 0 radical (unpaired) electrons. The minimum Gasteiger partial charge on any atom is -0.376 e. The highest BCUT2D eigenvalue weighted by Crippen LogP contribution is 2.01. The Kier molecular flexibility index (Phi) is 5.90. The van der Waals surface area contributed by atoms with E-state index in [1.165, 1.54) is 5.69 Å². The van der Waals surface area contributed by atoms with Gasteiger partial charge in [-0.1, -0.05) is 12.2 Å². The lowest BCUT2D eigenvalue weighted by molar-refractivity contribution is 0.157. The van der Waals surface area contributed by atoms with Crippen LogP contribution >= 0.6 is 0 Å².